The smallest absolute Gasteiger partial charge is 0.269 e. The number of hydrogen-bond donors (Lipinski definition) is 1. The van der Waals surface area contributed by atoms with Crippen LogP contribution in [0, 0.1) is 0 Å². The van der Waals surface area contributed by atoms with Gasteiger partial charge < -0.3 is 24.3 Å². The predicted molar refractivity (Wildman–Crippen MR) is 128 cm³/mol. The molecule has 2 aliphatic rings. The number of rotatable bonds is 6. The molecule has 5 rings (SSSR count). The van der Waals surface area contributed by atoms with E-state index in [4.69, 9.17) is 18.9 Å². The Bertz CT molecular complexity index is 1310. The number of nitrogens with zero attached hydrogens (tertiary/aromatic N) is 1. The van der Waals surface area contributed by atoms with E-state index in [2.05, 4.69) is 5.32 Å². The van der Waals surface area contributed by atoms with Gasteiger partial charge in [-0.25, -0.2) is 8.42 Å². The van der Waals surface area contributed by atoms with E-state index in [0.717, 1.165) is 0 Å². The number of amides is 1. The van der Waals surface area contributed by atoms with E-state index in [1.807, 2.05) is 24.3 Å². The summed E-state index contributed by atoms with van der Waals surface area (Å²) in [4.78, 5) is 13.1. The highest BCUT2D eigenvalue weighted by Gasteiger charge is 2.30. The molecule has 3 aromatic rings. The Hall–Kier alpha value is -3.60. The van der Waals surface area contributed by atoms with Crippen LogP contribution in [-0.2, 0) is 19.6 Å². The SMILES string of the molecule is O=C(Nc1cc(S(=O)(=O)N2CCOCC2)ccc1Oc1ccccc1)[C@@H]1COc2ccccc2O1. The van der Waals surface area contributed by atoms with Crippen molar-refractivity contribution in [2.75, 3.05) is 38.2 Å². The van der Waals surface area contributed by atoms with Crippen molar-refractivity contribution in [1.82, 2.24) is 4.31 Å². The van der Waals surface area contributed by atoms with Crippen molar-refractivity contribution in [2.24, 2.45) is 0 Å². The monoisotopic (exact) mass is 496 g/mol. The van der Waals surface area contributed by atoms with Crippen molar-refractivity contribution in [1.29, 1.82) is 0 Å². The number of benzene rings is 3. The van der Waals surface area contributed by atoms with Gasteiger partial charge in [-0.2, -0.15) is 4.31 Å². The highest BCUT2D eigenvalue weighted by atomic mass is 32.2. The second-order valence-electron chi connectivity index (χ2n) is 7.94. The summed E-state index contributed by atoms with van der Waals surface area (Å²) in [5, 5.41) is 2.77. The van der Waals surface area contributed by atoms with E-state index in [-0.39, 0.29) is 30.3 Å². The zero-order valence-electron chi connectivity index (χ0n) is 18.8. The van der Waals surface area contributed by atoms with Gasteiger partial charge >= 0.3 is 0 Å². The lowest BCUT2D eigenvalue weighted by molar-refractivity contribution is -0.125. The van der Waals surface area contributed by atoms with Gasteiger partial charge in [0.1, 0.15) is 12.4 Å². The first-order valence-electron chi connectivity index (χ1n) is 11.1. The molecule has 0 spiro atoms. The Morgan fingerprint density at radius 2 is 1.66 bits per heavy atom. The van der Waals surface area contributed by atoms with Crippen LogP contribution in [0.1, 0.15) is 0 Å². The minimum absolute atomic E-state index is 0.0174. The third-order valence-corrected chi connectivity index (χ3v) is 7.48. The summed E-state index contributed by atoms with van der Waals surface area (Å²) in [5.74, 6) is 1.37. The van der Waals surface area contributed by atoms with Gasteiger partial charge in [0.2, 0.25) is 16.1 Å². The van der Waals surface area contributed by atoms with Gasteiger partial charge in [0.05, 0.1) is 23.8 Å². The molecule has 1 fully saturated rings. The first-order valence-corrected chi connectivity index (χ1v) is 12.6. The number of morpholine rings is 1. The number of sulfonamides is 1. The second kappa shape index (κ2) is 9.95. The van der Waals surface area contributed by atoms with Gasteiger partial charge in [0.25, 0.3) is 5.91 Å². The number of fused-ring (bicyclic) bond motifs is 1. The van der Waals surface area contributed by atoms with Crippen LogP contribution in [0.3, 0.4) is 0 Å². The lowest BCUT2D eigenvalue weighted by Crippen LogP contribution is -2.41. The first-order chi connectivity index (χ1) is 17.0. The average molecular weight is 497 g/mol. The van der Waals surface area contributed by atoms with Crippen LogP contribution >= 0.6 is 0 Å². The maximum Gasteiger partial charge on any atom is 0.269 e. The molecule has 2 heterocycles. The van der Waals surface area contributed by atoms with E-state index in [1.165, 1.54) is 22.5 Å². The molecule has 2 aliphatic heterocycles. The normalized spacial score (nSPS) is 18.0. The number of ether oxygens (including phenoxy) is 4. The van der Waals surface area contributed by atoms with Crippen molar-refractivity contribution in [2.45, 2.75) is 11.0 Å². The minimum atomic E-state index is -3.78. The van der Waals surface area contributed by atoms with Crippen LogP contribution in [-0.4, -0.2) is 57.6 Å². The number of carbonyl (C=O) groups is 1. The molecule has 0 aromatic heterocycles. The third-order valence-electron chi connectivity index (χ3n) is 5.59. The summed E-state index contributed by atoms with van der Waals surface area (Å²) < 4.78 is 50.5. The first kappa shape index (κ1) is 23.2. The van der Waals surface area contributed by atoms with E-state index in [0.29, 0.717) is 36.2 Å². The summed E-state index contributed by atoms with van der Waals surface area (Å²) >= 11 is 0. The summed E-state index contributed by atoms with van der Waals surface area (Å²) in [5.41, 5.74) is 0.204. The highest BCUT2D eigenvalue weighted by molar-refractivity contribution is 7.89. The quantitative estimate of drug-likeness (QED) is 0.559. The molecule has 1 amide bonds. The Morgan fingerprint density at radius 1 is 0.943 bits per heavy atom. The molecule has 1 saturated heterocycles. The van der Waals surface area contributed by atoms with E-state index >= 15 is 0 Å². The van der Waals surface area contributed by atoms with E-state index < -0.39 is 22.0 Å². The molecule has 1 atom stereocenters. The summed E-state index contributed by atoms with van der Waals surface area (Å²) in [6, 6.07) is 20.5. The fourth-order valence-corrected chi connectivity index (χ4v) is 5.20. The maximum absolute atomic E-state index is 13.2. The van der Waals surface area contributed by atoms with E-state index in [1.54, 1.807) is 30.3 Å². The van der Waals surface area contributed by atoms with Crippen molar-refractivity contribution < 1.29 is 32.2 Å². The van der Waals surface area contributed by atoms with Crippen molar-refractivity contribution in [3.05, 3.63) is 72.8 Å². The zero-order chi connectivity index (χ0) is 24.3. The molecule has 10 heteroatoms. The fraction of sp³-hybridized carbons (Fsp3) is 0.240. The molecule has 0 unspecified atom stereocenters. The van der Waals surface area contributed by atoms with Crippen molar-refractivity contribution in [3.8, 4) is 23.0 Å². The van der Waals surface area contributed by atoms with Crippen LogP contribution < -0.4 is 19.5 Å². The summed E-state index contributed by atoms with van der Waals surface area (Å²) in [6.45, 7) is 1.21. The molecule has 0 radical (unpaired) electrons. The molecular weight excluding hydrogens is 472 g/mol. The number of para-hydroxylation sites is 3. The molecule has 35 heavy (non-hydrogen) atoms. The summed E-state index contributed by atoms with van der Waals surface area (Å²) in [7, 11) is -3.78. The molecular formula is C25H24N2O7S. The van der Waals surface area contributed by atoms with Crippen LogP contribution in [0.4, 0.5) is 5.69 Å². The number of nitrogens with one attached hydrogen (secondary N) is 1. The zero-order valence-corrected chi connectivity index (χ0v) is 19.6. The molecule has 0 saturated carbocycles. The molecule has 0 aliphatic carbocycles. The van der Waals surface area contributed by atoms with Gasteiger partial charge in [-0.3, -0.25) is 4.79 Å². The van der Waals surface area contributed by atoms with Crippen LogP contribution in [0.2, 0.25) is 0 Å². The molecule has 3 aromatic carbocycles. The van der Waals surface area contributed by atoms with Gasteiger partial charge in [0.15, 0.2) is 17.2 Å². The van der Waals surface area contributed by atoms with Crippen LogP contribution in [0.15, 0.2) is 77.7 Å². The largest absolute Gasteiger partial charge is 0.485 e. The maximum atomic E-state index is 13.2. The van der Waals surface area contributed by atoms with Gasteiger partial charge in [-0.15, -0.1) is 0 Å². The average Bonchev–Trinajstić information content (AvgIpc) is 2.90. The van der Waals surface area contributed by atoms with Crippen LogP contribution in [0.5, 0.6) is 23.0 Å². The predicted octanol–water partition coefficient (Wildman–Crippen LogP) is 3.28. The molecule has 1 N–H and O–H groups in total. The number of anilines is 1. The Kier molecular flexibility index (Phi) is 6.58. The van der Waals surface area contributed by atoms with E-state index in [9.17, 15) is 13.2 Å². The lowest BCUT2D eigenvalue weighted by atomic mass is 10.2. The fourth-order valence-electron chi connectivity index (χ4n) is 3.77. The Labute approximate surface area is 203 Å². The molecule has 182 valence electrons. The van der Waals surface area contributed by atoms with Crippen LogP contribution in [0.25, 0.3) is 0 Å². The molecule has 9 nitrogen and oxygen atoms in total. The standard InChI is InChI=1S/C25H24N2O7S/c28-25(24-17-32-22-8-4-5-9-23(22)34-24)26-20-16-19(35(29,30)27-12-14-31-15-13-27)10-11-21(20)33-18-6-2-1-3-7-18/h1-11,16,24H,12-15,17H2,(H,26,28)/t24-/m0/s1. The number of hydrogen-bond acceptors (Lipinski definition) is 7. The third kappa shape index (κ3) is 5.09. The Morgan fingerprint density at radius 3 is 2.43 bits per heavy atom. The molecule has 0 bridgehead atoms. The van der Waals surface area contributed by atoms with Gasteiger partial charge in [-0.1, -0.05) is 30.3 Å². The minimum Gasteiger partial charge on any atom is -0.485 e. The Balaban J connectivity index is 1.43. The van der Waals surface area contributed by atoms with Crippen molar-refractivity contribution >= 4 is 21.6 Å². The number of carbonyl (C=O) groups excluding carboxylic acids is 1. The van der Waals surface area contributed by atoms with Gasteiger partial charge in [-0.05, 0) is 42.5 Å². The van der Waals surface area contributed by atoms with Crippen molar-refractivity contribution in [3.63, 3.8) is 0 Å². The second-order valence-corrected chi connectivity index (χ2v) is 9.88. The topological polar surface area (TPSA) is 103 Å². The lowest BCUT2D eigenvalue weighted by Gasteiger charge is -2.27. The highest BCUT2D eigenvalue weighted by Crippen LogP contribution is 2.34. The van der Waals surface area contributed by atoms with Gasteiger partial charge in [0, 0.05) is 13.1 Å². The summed E-state index contributed by atoms with van der Waals surface area (Å²) in [6.07, 6.45) is -0.922.